The van der Waals surface area contributed by atoms with Crippen LogP contribution in [0.4, 0.5) is 11.4 Å². The van der Waals surface area contributed by atoms with Gasteiger partial charge >= 0.3 is 5.97 Å². The molecule has 0 aliphatic carbocycles. The summed E-state index contributed by atoms with van der Waals surface area (Å²) in [6, 6.07) is 5.94. The summed E-state index contributed by atoms with van der Waals surface area (Å²) in [5.74, 6) is -1.55. The van der Waals surface area contributed by atoms with Crippen molar-refractivity contribution in [2.24, 2.45) is 0 Å². The standard InChI is InChI=1S/C15H21N3O6/c1-15(10-24-2,14(20)21)17-13(19)4-3-9-16-11-5-7-12(8-6-11)18(22)23/h5-8,16H,3-4,9-10H2,1-2H3,(H,17,19)(H,20,21). The summed E-state index contributed by atoms with van der Waals surface area (Å²) >= 11 is 0. The molecule has 0 bridgehead atoms. The van der Waals surface area contributed by atoms with Crippen LogP contribution in [0.3, 0.4) is 0 Å². The molecule has 3 N–H and O–H groups in total. The molecule has 0 saturated carbocycles. The van der Waals surface area contributed by atoms with Crippen molar-refractivity contribution < 1.29 is 24.4 Å². The maximum atomic E-state index is 11.8. The van der Waals surface area contributed by atoms with Crippen molar-refractivity contribution in [2.75, 3.05) is 25.6 Å². The lowest BCUT2D eigenvalue weighted by Gasteiger charge is -2.25. The minimum atomic E-state index is -1.46. The van der Waals surface area contributed by atoms with Crippen molar-refractivity contribution in [2.45, 2.75) is 25.3 Å². The Balaban J connectivity index is 2.37. The number of carboxylic acid groups (broad SMARTS) is 1. The largest absolute Gasteiger partial charge is 0.479 e. The Hall–Kier alpha value is -2.68. The van der Waals surface area contributed by atoms with E-state index in [1.807, 2.05) is 0 Å². The van der Waals surface area contributed by atoms with Crippen LogP contribution < -0.4 is 10.6 Å². The number of methoxy groups -OCH3 is 1. The van der Waals surface area contributed by atoms with Crippen molar-refractivity contribution in [3.63, 3.8) is 0 Å². The Morgan fingerprint density at radius 3 is 2.46 bits per heavy atom. The van der Waals surface area contributed by atoms with Crippen LogP contribution >= 0.6 is 0 Å². The number of nitrogens with zero attached hydrogens (tertiary/aromatic N) is 1. The fourth-order valence-electron chi connectivity index (χ4n) is 1.99. The average molecular weight is 339 g/mol. The maximum absolute atomic E-state index is 11.8. The van der Waals surface area contributed by atoms with E-state index in [1.165, 1.54) is 26.2 Å². The van der Waals surface area contributed by atoms with Gasteiger partial charge in [-0.25, -0.2) is 4.79 Å². The fourth-order valence-corrected chi connectivity index (χ4v) is 1.99. The van der Waals surface area contributed by atoms with E-state index in [1.54, 1.807) is 12.1 Å². The van der Waals surface area contributed by atoms with Crippen LogP contribution in [0.15, 0.2) is 24.3 Å². The van der Waals surface area contributed by atoms with Crippen molar-refractivity contribution in [1.82, 2.24) is 5.32 Å². The van der Waals surface area contributed by atoms with Gasteiger partial charge in [0.15, 0.2) is 5.54 Å². The second kappa shape index (κ2) is 8.82. The zero-order valence-corrected chi connectivity index (χ0v) is 13.6. The SMILES string of the molecule is COCC(C)(NC(=O)CCCNc1ccc([N+](=O)[O-])cc1)C(=O)O. The molecule has 0 aromatic heterocycles. The number of amides is 1. The lowest BCUT2D eigenvalue weighted by molar-refractivity contribution is -0.384. The predicted octanol–water partition coefficient (Wildman–Crippen LogP) is 1.39. The van der Waals surface area contributed by atoms with E-state index in [0.717, 1.165) is 0 Å². The first-order valence-electron chi connectivity index (χ1n) is 7.30. The summed E-state index contributed by atoms with van der Waals surface area (Å²) in [4.78, 5) is 33.1. The molecule has 1 atom stereocenters. The van der Waals surface area contributed by atoms with Crippen LogP contribution in [-0.2, 0) is 14.3 Å². The van der Waals surface area contributed by atoms with Gasteiger partial charge in [-0.2, -0.15) is 0 Å². The van der Waals surface area contributed by atoms with Gasteiger partial charge in [-0.15, -0.1) is 0 Å². The Bertz CT molecular complexity index is 589. The number of non-ortho nitro benzene ring substituents is 1. The van der Waals surface area contributed by atoms with Crippen LogP contribution in [0.5, 0.6) is 0 Å². The van der Waals surface area contributed by atoms with E-state index >= 15 is 0 Å². The molecule has 24 heavy (non-hydrogen) atoms. The summed E-state index contributed by atoms with van der Waals surface area (Å²) in [7, 11) is 1.36. The first kappa shape index (κ1) is 19.4. The number of nitro benzene ring substituents is 1. The molecule has 0 radical (unpaired) electrons. The zero-order valence-electron chi connectivity index (χ0n) is 13.6. The van der Waals surface area contributed by atoms with Crippen molar-refractivity contribution >= 4 is 23.3 Å². The molecule has 1 aromatic rings. The van der Waals surface area contributed by atoms with Gasteiger partial charge < -0.3 is 20.5 Å². The third kappa shape index (κ3) is 5.84. The van der Waals surface area contributed by atoms with Crippen molar-refractivity contribution in [3.8, 4) is 0 Å². The van der Waals surface area contributed by atoms with Crippen LogP contribution in [0, 0.1) is 10.1 Å². The molecule has 1 amide bonds. The van der Waals surface area contributed by atoms with Crippen molar-refractivity contribution in [3.05, 3.63) is 34.4 Å². The summed E-state index contributed by atoms with van der Waals surface area (Å²) in [5, 5.41) is 25.2. The molecule has 0 spiro atoms. The average Bonchev–Trinajstić information content (AvgIpc) is 2.52. The first-order chi connectivity index (χ1) is 11.3. The van der Waals surface area contributed by atoms with E-state index in [9.17, 15) is 19.7 Å². The molecule has 0 aliphatic heterocycles. The number of anilines is 1. The molecular formula is C15H21N3O6. The number of aliphatic carboxylic acids is 1. The number of carbonyl (C=O) groups excluding carboxylic acids is 1. The predicted molar refractivity (Wildman–Crippen MR) is 86.9 cm³/mol. The molecule has 9 heteroatoms. The van der Waals surface area contributed by atoms with E-state index in [-0.39, 0.29) is 24.6 Å². The molecule has 0 saturated heterocycles. The van der Waals surface area contributed by atoms with E-state index in [0.29, 0.717) is 18.7 Å². The number of hydrogen-bond donors (Lipinski definition) is 3. The van der Waals surface area contributed by atoms with Crippen LogP contribution in [0.1, 0.15) is 19.8 Å². The minimum Gasteiger partial charge on any atom is -0.479 e. The Morgan fingerprint density at radius 2 is 1.96 bits per heavy atom. The zero-order chi connectivity index (χ0) is 18.2. The number of hydrogen-bond acceptors (Lipinski definition) is 6. The molecule has 0 heterocycles. The van der Waals surface area contributed by atoms with Gasteiger partial charge in [0.25, 0.3) is 5.69 Å². The van der Waals surface area contributed by atoms with E-state index in [4.69, 9.17) is 9.84 Å². The summed E-state index contributed by atoms with van der Waals surface area (Å²) in [6.07, 6.45) is 0.623. The molecule has 0 aliphatic rings. The molecule has 9 nitrogen and oxygen atoms in total. The van der Waals surface area contributed by atoms with Crippen LogP contribution in [0.2, 0.25) is 0 Å². The van der Waals surface area contributed by atoms with Gasteiger partial charge in [-0.05, 0) is 25.5 Å². The topological polar surface area (TPSA) is 131 Å². The quantitative estimate of drug-likeness (QED) is 0.333. The number of carboxylic acids is 1. The molecule has 132 valence electrons. The van der Waals surface area contributed by atoms with Crippen LogP contribution in [0.25, 0.3) is 0 Å². The summed E-state index contributed by atoms with van der Waals surface area (Å²) < 4.78 is 4.82. The van der Waals surface area contributed by atoms with Gasteiger partial charge in [0, 0.05) is 37.9 Å². The molecule has 1 unspecified atom stereocenters. The van der Waals surface area contributed by atoms with E-state index in [2.05, 4.69) is 10.6 Å². The molecule has 1 aromatic carbocycles. The second-order valence-corrected chi connectivity index (χ2v) is 5.45. The van der Waals surface area contributed by atoms with Gasteiger partial charge in [0.1, 0.15) is 0 Å². The first-order valence-corrected chi connectivity index (χ1v) is 7.30. The Labute approximate surface area is 139 Å². The monoisotopic (exact) mass is 339 g/mol. The number of ether oxygens (including phenoxy) is 1. The van der Waals surface area contributed by atoms with Gasteiger partial charge in [-0.1, -0.05) is 0 Å². The van der Waals surface area contributed by atoms with Crippen molar-refractivity contribution in [1.29, 1.82) is 0 Å². The smallest absolute Gasteiger partial charge is 0.331 e. The highest BCUT2D eigenvalue weighted by Gasteiger charge is 2.34. The highest BCUT2D eigenvalue weighted by Crippen LogP contribution is 2.15. The number of nitro groups is 1. The Morgan fingerprint density at radius 1 is 1.33 bits per heavy atom. The third-order valence-corrected chi connectivity index (χ3v) is 3.31. The highest BCUT2D eigenvalue weighted by atomic mass is 16.6. The summed E-state index contributed by atoms with van der Waals surface area (Å²) in [5.41, 5.74) is -0.751. The number of benzene rings is 1. The maximum Gasteiger partial charge on any atom is 0.331 e. The fraction of sp³-hybridized carbons (Fsp3) is 0.467. The minimum absolute atomic E-state index is 0.00558. The highest BCUT2D eigenvalue weighted by molar-refractivity contribution is 5.86. The van der Waals surface area contributed by atoms with Crippen LogP contribution in [-0.4, -0.2) is 47.7 Å². The summed E-state index contributed by atoms with van der Waals surface area (Å²) in [6.45, 7) is 1.72. The third-order valence-electron chi connectivity index (χ3n) is 3.31. The van der Waals surface area contributed by atoms with E-state index < -0.39 is 16.4 Å². The normalized spacial score (nSPS) is 12.9. The molecule has 1 rings (SSSR count). The number of carbonyl (C=O) groups is 2. The van der Waals surface area contributed by atoms with Gasteiger partial charge in [0.2, 0.25) is 5.91 Å². The lowest BCUT2D eigenvalue weighted by Crippen LogP contribution is -2.55. The van der Waals surface area contributed by atoms with Gasteiger partial charge in [0.05, 0.1) is 11.5 Å². The second-order valence-electron chi connectivity index (χ2n) is 5.45. The number of rotatable bonds is 10. The molecule has 0 fully saturated rings. The molecular weight excluding hydrogens is 318 g/mol. The Kier molecular flexibility index (Phi) is 7.12. The van der Waals surface area contributed by atoms with Gasteiger partial charge in [-0.3, -0.25) is 14.9 Å². The lowest BCUT2D eigenvalue weighted by atomic mass is 10.0. The number of nitrogens with one attached hydrogen (secondary N) is 2.